The molecule has 1 N–H and O–H groups in total. The van der Waals surface area contributed by atoms with Crippen molar-refractivity contribution in [1.82, 2.24) is 15.1 Å². The molecule has 114 valence electrons. The van der Waals surface area contributed by atoms with E-state index >= 15 is 0 Å². The molecule has 0 radical (unpaired) electrons. The first-order valence-electron chi connectivity index (χ1n) is 7.50. The molecule has 1 aliphatic heterocycles. The van der Waals surface area contributed by atoms with Crippen molar-refractivity contribution in [2.75, 3.05) is 18.1 Å². The summed E-state index contributed by atoms with van der Waals surface area (Å²) in [5, 5.41) is 7.83. The smallest absolute Gasteiger partial charge is 0.150 e. The van der Waals surface area contributed by atoms with Crippen LogP contribution in [0.5, 0.6) is 0 Å². The van der Waals surface area contributed by atoms with E-state index < -0.39 is 9.84 Å². The van der Waals surface area contributed by atoms with Crippen molar-refractivity contribution >= 4 is 9.84 Å². The van der Waals surface area contributed by atoms with Crippen LogP contribution in [0.1, 0.15) is 44.7 Å². The Labute approximate surface area is 121 Å². The highest BCUT2D eigenvalue weighted by Crippen LogP contribution is 2.28. The van der Waals surface area contributed by atoms with Gasteiger partial charge in [0, 0.05) is 24.3 Å². The maximum Gasteiger partial charge on any atom is 0.150 e. The molecule has 1 saturated heterocycles. The second-order valence-electron chi connectivity index (χ2n) is 5.65. The van der Waals surface area contributed by atoms with E-state index in [9.17, 15) is 8.42 Å². The van der Waals surface area contributed by atoms with E-state index in [1.54, 1.807) is 0 Å². The van der Waals surface area contributed by atoms with Gasteiger partial charge in [0.2, 0.25) is 0 Å². The van der Waals surface area contributed by atoms with Crippen molar-refractivity contribution in [2.24, 2.45) is 5.92 Å². The van der Waals surface area contributed by atoms with Gasteiger partial charge in [-0.15, -0.1) is 0 Å². The van der Waals surface area contributed by atoms with Crippen molar-refractivity contribution in [2.45, 2.75) is 45.7 Å². The largest absolute Gasteiger partial charge is 0.310 e. The molecule has 1 fully saturated rings. The van der Waals surface area contributed by atoms with Crippen LogP contribution in [0.25, 0.3) is 0 Å². The summed E-state index contributed by atoms with van der Waals surface area (Å²) in [5.41, 5.74) is 1.17. The van der Waals surface area contributed by atoms with Crippen molar-refractivity contribution < 1.29 is 8.42 Å². The Morgan fingerprint density at radius 2 is 2.30 bits per heavy atom. The minimum Gasteiger partial charge on any atom is -0.310 e. The predicted molar refractivity (Wildman–Crippen MR) is 80.3 cm³/mol. The Morgan fingerprint density at radius 1 is 1.50 bits per heavy atom. The molecular formula is C14H25N3O2S. The highest BCUT2D eigenvalue weighted by molar-refractivity contribution is 7.91. The third kappa shape index (κ3) is 4.06. The zero-order chi connectivity index (χ0) is 14.6. The van der Waals surface area contributed by atoms with Crippen LogP contribution in [0.4, 0.5) is 0 Å². The van der Waals surface area contributed by atoms with Gasteiger partial charge in [-0.1, -0.05) is 13.8 Å². The summed E-state index contributed by atoms with van der Waals surface area (Å²) in [5.74, 6) is 0.974. The summed E-state index contributed by atoms with van der Waals surface area (Å²) in [6.45, 7) is 6.02. The van der Waals surface area contributed by atoms with Gasteiger partial charge in [0.25, 0.3) is 0 Å². The van der Waals surface area contributed by atoms with Crippen molar-refractivity contribution in [3.63, 3.8) is 0 Å². The lowest BCUT2D eigenvalue weighted by Crippen LogP contribution is -2.23. The predicted octanol–water partition coefficient (Wildman–Crippen LogP) is 1.77. The zero-order valence-electron chi connectivity index (χ0n) is 12.4. The van der Waals surface area contributed by atoms with E-state index in [0.717, 1.165) is 32.4 Å². The first-order valence-corrected chi connectivity index (χ1v) is 9.32. The van der Waals surface area contributed by atoms with Crippen LogP contribution >= 0.6 is 0 Å². The number of hydrogen-bond acceptors (Lipinski definition) is 4. The van der Waals surface area contributed by atoms with Gasteiger partial charge in [0.15, 0.2) is 9.84 Å². The fraction of sp³-hybridized carbons (Fsp3) is 0.786. The molecular weight excluding hydrogens is 274 g/mol. The van der Waals surface area contributed by atoms with Crippen LogP contribution in [0.15, 0.2) is 12.4 Å². The molecule has 0 spiro atoms. The van der Waals surface area contributed by atoms with Crippen LogP contribution in [0.3, 0.4) is 0 Å². The Balaban J connectivity index is 2.02. The molecule has 20 heavy (non-hydrogen) atoms. The average molecular weight is 299 g/mol. The minimum absolute atomic E-state index is 0.212. The molecule has 0 amide bonds. The molecule has 2 unspecified atom stereocenters. The summed E-state index contributed by atoms with van der Waals surface area (Å²) < 4.78 is 25.1. The van der Waals surface area contributed by atoms with Crippen molar-refractivity contribution in [3.05, 3.63) is 18.0 Å². The Kier molecular flexibility index (Phi) is 5.21. The monoisotopic (exact) mass is 299 g/mol. The van der Waals surface area contributed by atoms with E-state index in [-0.39, 0.29) is 12.0 Å². The second-order valence-corrected chi connectivity index (χ2v) is 7.88. The quantitative estimate of drug-likeness (QED) is 0.833. The molecule has 5 nitrogen and oxygen atoms in total. The molecule has 2 rings (SSSR count). The number of nitrogens with zero attached hydrogens (tertiary/aromatic N) is 2. The minimum atomic E-state index is -2.79. The Hall–Kier alpha value is -0.880. The van der Waals surface area contributed by atoms with Gasteiger partial charge in [-0.25, -0.2) is 8.42 Å². The van der Waals surface area contributed by atoms with Gasteiger partial charge < -0.3 is 5.32 Å². The fourth-order valence-electron chi connectivity index (χ4n) is 2.89. The molecule has 6 heteroatoms. The van der Waals surface area contributed by atoms with E-state index in [0.29, 0.717) is 11.5 Å². The lowest BCUT2D eigenvalue weighted by atomic mass is 9.96. The van der Waals surface area contributed by atoms with Crippen molar-refractivity contribution in [3.8, 4) is 0 Å². The van der Waals surface area contributed by atoms with Crippen LogP contribution in [0, 0.1) is 5.92 Å². The van der Waals surface area contributed by atoms with Gasteiger partial charge in [-0.05, 0) is 31.7 Å². The normalized spacial score (nSPS) is 23.0. The number of aryl methyl sites for hydroxylation is 1. The number of sulfone groups is 1. The first-order chi connectivity index (χ1) is 9.54. The lowest BCUT2D eigenvalue weighted by molar-refractivity contribution is 0.421. The topological polar surface area (TPSA) is 64.0 Å². The second kappa shape index (κ2) is 6.72. The first kappa shape index (κ1) is 15.5. The van der Waals surface area contributed by atoms with E-state index in [1.807, 2.05) is 10.9 Å². The summed E-state index contributed by atoms with van der Waals surface area (Å²) >= 11 is 0. The van der Waals surface area contributed by atoms with Gasteiger partial charge in [-0.2, -0.15) is 5.10 Å². The molecule has 0 saturated carbocycles. The third-order valence-electron chi connectivity index (χ3n) is 3.85. The summed E-state index contributed by atoms with van der Waals surface area (Å²) in [4.78, 5) is 0. The van der Waals surface area contributed by atoms with Gasteiger partial charge in [0.1, 0.15) is 0 Å². The molecule has 0 aromatic carbocycles. The fourth-order valence-corrected chi connectivity index (χ4v) is 4.77. The van der Waals surface area contributed by atoms with E-state index in [2.05, 4.69) is 30.5 Å². The van der Waals surface area contributed by atoms with Crippen molar-refractivity contribution in [1.29, 1.82) is 0 Å². The van der Waals surface area contributed by atoms with Crippen LogP contribution in [-0.2, 0) is 16.4 Å². The Morgan fingerprint density at radius 3 is 2.90 bits per heavy atom. The molecule has 2 heterocycles. The van der Waals surface area contributed by atoms with E-state index in [4.69, 9.17) is 0 Å². The number of rotatable bonds is 7. The van der Waals surface area contributed by atoms with Crippen LogP contribution in [-0.4, -0.2) is 36.2 Å². The van der Waals surface area contributed by atoms with Crippen LogP contribution in [0.2, 0.25) is 0 Å². The van der Waals surface area contributed by atoms with Gasteiger partial charge in [-0.3, -0.25) is 4.68 Å². The maximum atomic E-state index is 11.6. The molecule has 0 bridgehead atoms. The number of hydrogen-bond donors (Lipinski definition) is 1. The van der Waals surface area contributed by atoms with Gasteiger partial charge >= 0.3 is 0 Å². The average Bonchev–Trinajstić information content (AvgIpc) is 2.96. The molecule has 1 aromatic heterocycles. The summed E-state index contributed by atoms with van der Waals surface area (Å²) in [6.07, 6.45) is 6.73. The summed E-state index contributed by atoms with van der Waals surface area (Å²) in [7, 11) is -2.79. The number of nitrogens with one attached hydrogen (secondary N) is 1. The highest BCUT2D eigenvalue weighted by atomic mass is 32.2. The SMILES string of the molecule is CCCn1cc(C(CC2CCS(=O)(=O)C2)NCC)cn1. The molecule has 2 atom stereocenters. The highest BCUT2D eigenvalue weighted by Gasteiger charge is 2.30. The van der Waals surface area contributed by atoms with Gasteiger partial charge in [0.05, 0.1) is 17.7 Å². The summed E-state index contributed by atoms with van der Waals surface area (Å²) in [6, 6.07) is 0.212. The number of aromatic nitrogens is 2. The molecule has 0 aliphatic carbocycles. The zero-order valence-corrected chi connectivity index (χ0v) is 13.2. The lowest BCUT2D eigenvalue weighted by Gasteiger charge is -2.19. The van der Waals surface area contributed by atoms with Crippen LogP contribution < -0.4 is 5.32 Å². The van der Waals surface area contributed by atoms with E-state index in [1.165, 1.54) is 5.56 Å². The maximum absolute atomic E-state index is 11.6. The standard InChI is InChI=1S/C14H25N3O2S/c1-3-6-17-10-13(9-16-17)14(15-4-2)8-12-5-7-20(18,19)11-12/h9-10,12,14-15H,3-8,11H2,1-2H3. The Bertz CT molecular complexity index is 524. The third-order valence-corrected chi connectivity index (χ3v) is 5.69. The molecule has 1 aliphatic rings. The molecule has 1 aromatic rings.